The smallest absolute Gasteiger partial charge is 0.161 e. The van der Waals surface area contributed by atoms with E-state index in [0.29, 0.717) is 16.9 Å². The van der Waals surface area contributed by atoms with E-state index in [1.807, 2.05) is 6.92 Å². The Morgan fingerprint density at radius 1 is 1.17 bits per heavy atom. The molecule has 0 spiro atoms. The highest BCUT2D eigenvalue weighted by Gasteiger charge is 2.25. The number of hydrogen-bond donors (Lipinski definition) is 3. The van der Waals surface area contributed by atoms with Gasteiger partial charge in [-0.3, -0.25) is 0 Å². The molecule has 1 aromatic heterocycles. The average molecular weight is 252 g/mol. The zero-order chi connectivity index (χ0) is 12.7. The first-order valence-corrected chi connectivity index (χ1v) is 5.96. The molecule has 1 saturated heterocycles. The Kier molecular flexibility index (Phi) is 2.76. The molecule has 0 saturated carbocycles. The van der Waals surface area contributed by atoms with Crippen molar-refractivity contribution in [2.24, 2.45) is 0 Å². The lowest BCUT2D eigenvalue weighted by atomic mass is 10.1. The van der Waals surface area contributed by atoms with Gasteiger partial charge in [-0.15, -0.1) is 0 Å². The highest BCUT2D eigenvalue weighted by atomic mass is 19.2. The number of halogens is 2. The van der Waals surface area contributed by atoms with E-state index in [-0.39, 0.29) is 12.1 Å². The highest BCUT2D eigenvalue weighted by molar-refractivity contribution is 5.75. The lowest BCUT2D eigenvalue weighted by Gasteiger charge is -2.29. The summed E-state index contributed by atoms with van der Waals surface area (Å²) < 4.78 is 26.2. The molecule has 18 heavy (non-hydrogen) atoms. The van der Waals surface area contributed by atoms with Crippen LogP contribution in [0.25, 0.3) is 11.0 Å². The summed E-state index contributed by atoms with van der Waals surface area (Å²) in [5.41, 5.74) is 0.965. The van der Waals surface area contributed by atoms with Gasteiger partial charge in [0.05, 0.1) is 17.1 Å². The molecular weight excluding hydrogens is 238 g/mol. The van der Waals surface area contributed by atoms with Gasteiger partial charge in [0.25, 0.3) is 0 Å². The molecule has 1 fully saturated rings. The fourth-order valence-electron chi connectivity index (χ4n) is 2.33. The van der Waals surface area contributed by atoms with Crippen LogP contribution in [0.4, 0.5) is 8.78 Å². The van der Waals surface area contributed by atoms with E-state index in [2.05, 4.69) is 20.6 Å². The van der Waals surface area contributed by atoms with Gasteiger partial charge in [0, 0.05) is 31.3 Å². The van der Waals surface area contributed by atoms with Crippen LogP contribution in [0, 0.1) is 11.6 Å². The first-order valence-electron chi connectivity index (χ1n) is 5.96. The average Bonchev–Trinajstić information content (AvgIpc) is 2.73. The molecule has 2 aromatic rings. The minimum Gasteiger partial charge on any atom is -0.341 e. The second kappa shape index (κ2) is 4.29. The molecule has 96 valence electrons. The topological polar surface area (TPSA) is 52.7 Å². The lowest BCUT2D eigenvalue weighted by molar-refractivity contribution is 0.336. The molecule has 1 aromatic carbocycles. The van der Waals surface area contributed by atoms with Crippen molar-refractivity contribution in [1.82, 2.24) is 20.6 Å². The van der Waals surface area contributed by atoms with Gasteiger partial charge in [0.2, 0.25) is 0 Å². The molecule has 2 unspecified atom stereocenters. The van der Waals surface area contributed by atoms with E-state index in [4.69, 9.17) is 0 Å². The van der Waals surface area contributed by atoms with Crippen LogP contribution in [0.3, 0.4) is 0 Å². The first-order chi connectivity index (χ1) is 8.65. The van der Waals surface area contributed by atoms with E-state index in [1.54, 1.807) is 0 Å². The summed E-state index contributed by atoms with van der Waals surface area (Å²) in [7, 11) is 0. The van der Waals surface area contributed by atoms with Gasteiger partial charge in [0.15, 0.2) is 11.6 Å². The van der Waals surface area contributed by atoms with Crippen molar-refractivity contribution in [3.8, 4) is 0 Å². The van der Waals surface area contributed by atoms with Gasteiger partial charge in [-0.2, -0.15) is 0 Å². The van der Waals surface area contributed by atoms with Crippen LogP contribution in [0.1, 0.15) is 18.8 Å². The van der Waals surface area contributed by atoms with Crippen molar-refractivity contribution in [2.45, 2.75) is 19.0 Å². The standard InChI is InChI=1S/C12H14F2N4/c1-6-11(16-3-2-15-6)12-17-9-4-7(13)8(14)5-10(9)18-12/h4-6,11,15-16H,2-3H2,1H3,(H,17,18). The number of nitrogens with one attached hydrogen (secondary N) is 3. The van der Waals surface area contributed by atoms with Crippen LogP contribution in [0.5, 0.6) is 0 Å². The van der Waals surface area contributed by atoms with E-state index in [0.717, 1.165) is 25.2 Å². The molecule has 4 nitrogen and oxygen atoms in total. The van der Waals surface area contributed by atoms with E-state index >= 15 is 0 Å². The predicted molar refractivity (Wildman–Crippen MR) is 64.2 cm³/mol. The number of fused-ring (bicyclic) bond motifs is 1. The van der Waals surface area contributed by atoms with E-state index in [1.165, 1.54) is 0 Å². The third-order valence-electron chi connectivity index (χ3n) is 3.29. The predicted octanol–water partition coefficient (Wildman–Crippen LogP) is 1.46. The van der Waals surface area contributed by atoms with Crippen molar-refractivity contribution < 1.29 is 8.78 Å². The summed E-state index contributed by atoms with van der Waals surface area (Å²) in [6, 6.07) is 2.50. The Balaban J connectivity index is 2.02. The van der Waals surface area contributed by atoms with Crippen LogP contribution in [0.2, 0.25) is 0 Å². The summed E-state index contributed by atoms with van der Waals surface area (Å²) in [5, 5.41) is 6.66. The number of rotatable bonds is 1. The maximum atomic E-state index is 13.1. The third kappa shape index (κ3) is 1.87. The number of H-pyrrole nitrogens is 1. The Morgan fingerprint density at radius 3 is 2.67 bits per heavy atom. The molecule has 0 bridgehead atoms. The molecule has 6 heteroatoms. The largest absolute Gasteiger partial charge is 0.341 e. The number of benzene rings is 1. The van der Waals surface area contributed by atoms with E-state index in [9.17, 15) is 8.78 Å². The molecular formula is C12H14F2N4. The maximum absolute atomic E-state index is 13.1. The summed E-state index contributed by atoms with van der Waals surface area (Å²) in [4.78, 5) is 7.37. The van der Waals surface area contributed by atoms with Crippen LogP contribution >= 0.6 is 0 Å². The summed E-state index contributed by atoms with van der Waals surface area (Å²) in [6.45, 7) is 3.79. The number of piperazine rings is 1. The van der Waals surface area contributed by atoms with Crippen molar-refractivity contribution in [3.05, 3.63) is 29.6 Å². The zero-order valence-corrected chi connectivity index (χ0v) is 9.93. The molecule has 3 rings (SSSR count). The Hall–Kier alpha value is -1.53. The van der Waals surface area contributed by atoms with Crippen molar-refractivity contribution in [3.63, 3.8) is 0 Å². The minimum atomic E-state index is -0.872. The monoisotopic (exact) mass is 252 g/mol. The molecule has 0 aliphatic carbocycles. The van der Waals surface area contributed by atoms with Gasteiger partial charge in [0.1, 0.15) is 5.82 Å². The van der Waals surface area contributed by atoms with Gasteiger partial charge in [-0.1, -0.05) is 0 Å². The first kappa shape index (κ1) is 11.6. The van der Waals surface area contributed by atoms with Crippen molar-refractivity contribution >= 4 is 11.0 Å². The number of nitrogens with zero attached hydrogens (tertiary/aromatic N) is 1. The van der Waals surface area contributed by atoms with Crippen LogP contribution in [-0.4, -0.2) is 29.1 Å². The SMILES string of the molecule is CC1NCCNC1c1nc2cc(F)c(F)cc2[nH]1. The summed E-state index contributed by atoms with van der Waals surface area (Å²) >= 11 is 0. The molecule has 1 aliphatic rings. The normalized spacial score (nSPS) is 24.6. The number of aromatic amines is 1. The minimum absolute atomic E-state index is 0.0253. The van der Waals surface area contributed by atoms with Crippen LogP contribution < -0.4 is 10.6 Å². The van der Waals surface area contributed by atoms with Gasteiger partial charge < -0.3 is 15.6 Å². The van der Waals surface area contributed by atoms with Gasteiger partial charge in [-0.05, 0) is 6.92 Å². The number of aromatic nitrogens is 2. The fraction of sp³-hybridized carbons (Fsp3) is 0.417. The van der Waals surface area contributed by atoms with E-state index < -0.39 is 11.6 Å². The maximum Gasteiger partial charge on any atom is 0.161 e. The second-order valence-corrected chi connectivity index (χ2v) is 4.58. The Labute approximate surface area is 103 Å². The molecule has 2 heterocycles. The third-order valence-corrected chi connectivity index (χ3v) is 3.29. The molecule has 3 N–H and O–H groups in total. The number of imidazole rings is 1. The summed E-state index contributed by atoms with van der Waals surface area (Å²) in [5.74, 6) is -1.03. The zero-order valence-electron chi connectivity index (χ0n) is 9.93. The fourth-order valence-corrected chi connectivity index (χ4v) is 2.33. The Morgan fingerprint density at radius 2 is 1.89 bits per heavy atom. The van der Waals surface area contributed by atoms with Crippen LogP contribution in [0.15, 0.2) is 12.1 Å². The summed E-state index contributed by atoms with van der Waals surface area (Å²) in [6.07, 6.45) is 0. The second-order valence-electron chi connectivity index (χ2n) is 4.58. The lowest BCUT2D eigenvalue weighted by Crippen LogP contribution is -2.49. The van der Waals surface area contributed by atoms with Crippen molar-refractivity contribution in [1.29, 1.82) is 0 Å². The van der Waals surface area contributed by atoms with Gasteiger partial charge >= 0.3 is 0 Å². The molecule has 0 amide bonds. The van der Waals surface area contributed by atoms with Crippen LogP contribution in [-0.2, 0) is 0 Å². The molecule has 0 radical (unpaired) electrons. The number of hydrogen-bond acceptors (Lipinski definition) is 3. The van der Waals surface area contributed by atoms with Gasteiger partial charge in [-0.25, -0.2) is 13.8 Å². The highest BCUT2D eigenvalue weighted by Crippen LogP contribution is 2.21. The van der Waals surface area contributed by atoms with Crippen molar-refractivity contribution in [2.75, 3.05) is 13.1 Å². The Bertz CT molecular complexity index is 542. The molecule has 2 atom stereocenters. The quantitative estimate of drug-likeness (QED) is 0.720. The molecule has 1 aliphatic heterocycles.